The van der Waals surface area contributed by atoms with Crippen molar-refractivity contribution >= 4 is 5.78 Å². The first-order valence-electron chi connectivity index (χ1n) is 6.41. The van der Waals surface area contributed by atoms with Crippen LogP contribution in [0.1, 0.15) is 40.0 Å². The molecule has 0 amide bonds. The van der Waals surface area contributed by atoms with E-state index in [1.807, 2.05) is 6.92 Å². The predicted molar refractivity (Wildman–Crippen MR) is 68.8 cm³/mol. The minimum atomic E-state index is -0.334. The van der Waals surface area contributed by atoms with Gasteiger partial charge in [0.05, 0.1) is 18.8 Å². The van der Waals surface area contributed by atoms with Crippen molar-refractivity contribution in [3.63, 3.8) is 0 Å². The molecule has 1 heterocycles. The van der Waals surface area contributed by atoms with E-state index in [4.69, 9.17) is 4.74 Å². The van der Waals surface area contributed by atoms with Crippen LogP contribution in [0.5, 0.6) is 0 Å². The standard InChI is InChI=1S/C14H23NO2/c1-4-6-7-8-13(16)14(3,5-2)15-9-11-17-12-10-15/h5,7-12H2,1-3H3. The normalized spacial score (nSPS) is 20.2. The zero-order valence-electron chi connectivity index (χ0n) is 11.2. The Labute approximate surface area is 105 Å². The second-order valence-corrected chi connectivity index (χ2v) is 4.58. The Balaban J connectivity index is 2.63. The van der Waals surface area contributed by atoms with Crippen LogP contribution >= 0.6 is 0 Å². The zero-order valence-corrected chi connectivity index (χ0v) is 11.2. The highest BCUT2D eigenvalue weighted by Crippen LogP contribution is 2.23. The van der Waals surface area contributed by atoms with E-state index < -0.39 is 0 Å². The molecule has 0 N–H and O–H groups in total. The first-order valence-corrected chi connectivity index (χ1v) is 6.41. The number of ketones is 1. The van der Waals surface area contributed by atoms with Crippen LogP contribution in [-0.4, -0.2) is 42.5 Å². The summed E-state index contributed by atoms with van der Waals surface area (Å²) in [6.45, 7) is 9.13. The molecular formula is C14H23NO2. The van der Waals surface area contributed by atoms with Crippen LogP contribution in [0, 0.1) is 11.8 Å². The van der Waals surface area contributed by atoms with Crippen molar-refractivity contribution in [1.29, 1.82) is 0 Å². The van der Waals surface area contributed by atoms with Crippen LogP contribution in [0.3, 0.4) is 0 Å². The fourth-order valence-corrected chi connectivity index (χ4v) is 2.22. The first-order chi connectivity index (χ1) is 8.15. The highest BCUT2D eigenvalue weighted by molar-refractivity contribution is 5.88. The van der Waals surface area contributed by atoms with Gasteiger partial charge < -0.3 is 4.74 Å². The molecule has 0 spiro atoms. The number of morpholine rings is 1. The summed E-state index contributed by atoms with van der Waals surface area (Å²) in [5, 5.41) is 0. The lowest BCUT2D eigenvalue weighted by molar-refractivity contribution is -0.133. The van der Waals surface area contributed by atoms with Gasteiger partial charge in [-0.2, -0.15) is 0 Å². The van der Waals surface area contributed by atoms with Gasteiger partial charge in [0.15, 0.2) is 5.78 Å². The molecule has 0 aromatic carbocycles. The quantitative estimate of drug-likeness (QED) is 0.684. The van der Waals surface area contributed by atoms with Gasteiger partial charge in [-0.3, -0.25) is 9.69 Å². The summed E-state index contributed by atoms with van der Waals surface area (Å²) < 4.78 is 5.34. The Morgan fingerprint density at radius 1 is 1.41 bits per heavy atom. The van der Waals surface area contributed by atoms with Gasteiger partial charge in [0.25, 0.3) is 0 Å². The summed E-state index contributed by atoms with van der Waals surface area (Å²) in [5.74, 6) is 6.11. The van der Waals surface area contributed by atoms with Crippen molar-refractivity contribution in [2.45, 2.75) is 45.6 Å². The molecule has 17 heavy (non-hydrogen) atoms. The monoisotopic (exact) mass is 237 g/mol. The third-order valence-corrected chi connectivity index (χ3v) is 3.65. The lowest BCUT2D eigenvalue weighted by atomic mass is 9.88. The summed E-state index contributed by atoms with van der Waals surface area (Å²) in [5.41, 5.74) is -0.334. The van der Waals surface area contributed by atoms with Crippen molar-refractivity contribution in [3.8, 4) is 11.8 Å². The molecule has 0 aromatic rings. The molecule has 0 aliphatic carbocycles. The maximum absolute atomic E-state index is 12.3. The Hall–Kier alpha value is -0.850. The molecule has 3 heteroatoms. The largest absolute Gasteiger partial charge is 0.379 e. The number of hydrogen-bond acceptors (Lipinski definition) is 3. The number of hydrogen-bond donors (Lipinski definition) is 0. The van der Waals surface area contributed by atoms with E-state index in [-0.39, 0.29) is 5.54 Å². The van der Waals surface area contributed by atoms with Gasteiger partial charge in [0.1, 0.15) is 0 Å². The van der Waals surface area contributed by atoms with Gasteiger partial charge in [0, 0.05) is 25.9 Å². The highest BCUT2D eigenvalue weighted by atomic mass is 16.5. The lowest BCUT2D eigenvalue weighted by Gasteiger charge is -2.41. The van der Waals surface area contributed by atoms with Crippen LogP contribution in [-0.2, 0) is 9.53 Å². The minimum Gasteiger partial charge on any atom is -0.379 e. The number of rotatable bonds is 5. The molecule has 0 aromatic heterocycles. The van der Waals surface area contributed by atoms with Crippen LogP contribution in [0.4, 0.5) is 0 Å². The van der Waals surface area contributed by atoms with Crippen molar-refractivity contribution < 1.29 is 9.53 Å². The van der Waals surface area contributed by atoms with Gasteiger partial charge in [-0.15, -0.1) is 11.8 Å². The van der Waals surface area contributed by atoms with Crippen molar-refractivity contribution in [2.75, 3.05) is 26.3 Å². The maximum atomic E-state index is 12.3. The number of carbonyl (C=O) groups excluding carboxylic acids is 1. The molecule has 1 atom stereocenters. The number of carbonyl (C=O) groups is 1. The van der Waals surface area contributed by atoms with Crippen LogP contribution < -0.4 is 0 Å². The molecular weight excluding hydrogens is 214 g/mol. The minimum absolute atomic E-state index is 0.310. The van der Waals surface area contributed by atoms with E-state index in [1.54, 1.807) is 0 Å². The summed E-state index contributed by atoms with van der Waals surface area (Å²) in [7, 11) is 0. The molecule has 96 valence electrons. The summed E-state index contributed by atoms with van der Waals surface area (Å²) in [6.07, 6.45) is 2.09. The molecule has 1 aliphatic heterocycles. The number of ether oxygens (including phenoxy) is 1. The molecule has 0 saturated carbocycles. The van der Waals surface area contributed by atoms with Crippen molar-refractivity contribution in [3.05, 3.63) is 0 Å². The van der Waals surface area contributed by atoms with Gasteiger partial charge in [-0.05, 0) is 20.3 Å². The molecule has 1 rings (SSSR count). The number of Topliss-reactive ketones (excluding diaryl/α,β-unsaturated/α-hetero) is 1. The molecule has 3 nitrogen and oxygen atoms in total. The predicted octanol–water partition coefficient (Wildman–Crippen LogP) is 1.86. The van der Waals surface area contributed by atoms with Crippen molar-refractivity contribution in [2.24, 2.45) is 0 Å². The molecule has 0 radical (unpaired) electrons. The van der Waals surface area contributed by atoms with Crippen LogP contribution in [0.15, 0.2) is 0 Å². The van der Waals surface area contributed by atoms with E-state index >= 15 is 0 Å². The zero-order chi connectivity index (χ0) is 12.7. The van der Waals surface area contributed by atoms with Crippen molar-refractivity contribution in [1.82, 2.24) is 4.90 Å². The molecule has 1 unspecified atom stereocenters. The highest BCUT2D eigenvalue weighted by Gasteiger charge is 2.37. The lowest BCUT2D eigenvalue weighted by Crippen LogP contribution is -2.56. The molecule has 0 bridgehead atoms. The Kier molecular flexibility index (Phi) is 5.67. The van der Waals surface area contributed by atoms with Gasteiger partial charge in [-0.1, -0.05) is 6.92 Å². The average molecular weight is 237 g/mol. The second-order valence-electron chi connectivity index (χ2n) is 4.58. The molecule has 1 aliphatic rings. The summed E-state index contributed by atoms with van der Waals surface area (Å²) in [4.78, 5) is 14.6. The van der Waals surface area contributed by atoms with E-state index in [0.29, 0.717) is 18.6 Å². The smallest absolute Gasteiger partial charge is 0.153 e. The topological polar surface area (TPSA) is 29.5 Å². The van der Waals surface area contributed by atoms with Gasteiger partial charge in [-0.25, -0.2) is 0 Å². The van der Waals surface area contributed by atoms with Gasteiger partial charge in [0.2, 0.25) is 0 Å². The fraction of sp³-hybridized carbons (Fsp3) is 0.786. The van der Waals surface area contributed by atoms with E-state index in [0.717, 1.165) is 32.7 Å². The summed E-state index contributed by atoms with van der Waals surface area (Å²) in [6, 6.07) is 0. The maximum Gasteiger partial charge on any atom is 0.153 e. The SMILES string of the molecule is CC#CCCC(=O)C(C)(CC)N1CCOCC1. The Morgan fingerprint density at radius 2 is 2.06 bits per heavy atom. The van der Waals surface area contributed by atoms with E-state index in [1.165, 1.54) is 0 Å². The third-order valence-electron chi connectivity index (χ3n) is 3.65. The van der Waals surface area contributed by atoms with Crippen LogP contribution in [0.25, 0.3) is 0 Å². The number of nitrogens with zero attached hydrogens (tertiary/aromatic N) is 1. The van der Waals surface area contributed by atoms with E-state index in [9.17, 15) is 4.79 Å². The third kappa shape index (κ3) is 3.55. The molecule has 1 saturated heterocycles. The average Bonchev–Trinajstić information content (AvgIpc) is 2.39. The van der Waals surface area contributed by atoms with E-state index in [2.05, 4.69) is 30.6 Å². The first kappa shape index (κ1) is 14.2. The van der Waals surface area contributed by atoms with Gasteiger partial charge >= 0.3 is 0 Å². The summed E-state index contributed by atoms with van der Waals surface area (Å²) >= 11 is 0. The Bertz CT molecular complexity index is 310. The molecule has 1 fully saturated rings. The van der Waals surface area contributed by atoms with Crippen LogP contribution in [0.2, 0.25) is 0 Å². The fourth-order valence-electron chi connectivity index (χ4n) is 2.22. The second kappa shape index (κ2) is 6.78. The Morgan fingerprint density at radius 3 is 2.59 bits per heavy atom.